The minimum Gasteiger partial charge on any atom is -0.308 e. The van der Waals surface area contributed by atoms with Crippen molar-refractivity contribution in [3.05, 3.63) is 0 Å². The fourth-order valence-electron chi connectivity index (χ4n) is 3.24. The molecule has 2 nitrogen and oxygen atoms in total. The molecule has 0 amide bonds. The average molecular weight is 250 g/mol. The van der Waals surface area contributed by atoms with E-state index in [2.05, 4.69) is 5.32 Å². The van der Waals surface area contributed by atoms with Gasteiger partial charge in [-0.3, -0.25) is 4.90 Å². The molecule has 100 valence electrons. The number of nitrogens with zero attached hydrogens (tertiary/aromatic N) is 1. The van der Waals surface area contributed by atoms with E-state index in [1.54, 1.807) is 4.90 Å². The molecule has 1 atom stereocenters. The van der Waals surface area contributed by atoms with E-state index < -0.39 is 12.7 Å². The first-order valence-electron chi connectivity index (χ1n) is 6.50. The lowest BCUT2D eigenvalue weighted by molar-refractivity contribution is -0.156. The zero-order valence-corrected chi connectivity index (χ0v) is 10.3. The van der Waals surface area contributed by atoms with Gasteiger partial charge in [-0.2, -0.15) is 13.2 Å². The quantitative estimate of drug-likeness (QED) is 0.810. The van der Waals surface area contributed by atoms with Crippen LogP contribution in [0.5, 0.6) is 0 Å². The van der Waals surface area contributed by atoms with Gasteiger partial charge < -0.3 is 5.32 Å². The summed E-state index contributed by atoms with van der Waals surface area (Å²) in [6.07, 6.45) is 1.03. The first-order chi connectivity index (χ1) is 7.94. The average Bonchev–Trinajstić information content (AvgIpc) is 2.64. The van der Waals surface area contributed by atoms with E-state index in [-0.39, 0.29) is 11.6 Å². The van der Waals surface area contributed by atoms with Crippen LogP contribution in [0.3, 0.4) is 0 Å². The van der Waals surface area contributed by atoms with Crippen molar-refractivity contribution in [1.29, 1.82) is 0 Å². The molecule has 1 saturated carbocycles. The van der Waals surface area contributed by atoms with E-state index in [0.717, 1.165) is 32.1 Å². The molecule has 0 aromatic heterocycles. The summed E-state index contributed by atoms with van der Waals surface area (Å²) in [5.41, 5.74) is -0.0308. The Hall–Kier alpha value is -0.290. The summed E-state index contributed by atoms with van der Waals surface area (Å²) in [5.74, 6) is 0. The lowest BCUT2D eigenvalue weighted by Gasteiger charge is -2.46. The number of nitrogens with one attached hydrogen (secondary N) is 1. The van der Waals surface area contributed by atoms with Gasteiger partial charge in [0.15, 0.2) is 0 Å². The number of piperazine rings is 1. The van der Waals surface area contributed by atoms with Crippen LogP contribution in [-0.2, 0) is 0 Å². The highest BCUT2D eigenvalue weighted by molar-refractivity contribution is 5.01. The monoisotopic (exact) mass is 250 g/mol. The fraction of sp³-hybridized carbons (Fsp3) is 1.00. The Labute approximate surface area is 101 Å². The van der Waals surface area contributed by atoms with Crippen molar-refractivity contribution < 1.29 is 13.2 Å². The van der Waals surface area contributed by atoms with E-state index >= 15 is 0 Å². The lowest BCUT2D eigenvalue weighted by Crippen LogP contribution is -2.64. The van der Waals surface area contributed by atoms with Crippen molar-refractivity contribution >= 4 is 0 Å². The fourth-order valence-corrected chi connectivity index (χ4v) is 3.24. The number of hydrogen-bond donors (Lipinski definition) is 1. The van der Waals surface area contributed by atoms with Crippen LogP contribution in [0.1, 0.15) is 39.0 Å². The molecule has 2 fully saturated rings. The van der Waals surface area contributed by atoms with Gasteiger partial charge in [-0.15, -0.1) is 0 Å². The number of rotatable bonds is 2. The third-order valence-electron chi connectivity index (χ3n) is 4.15. The molecule has 2 rings (SSSR count). The molecule has 1 aliphatic heterocycles. The lowest BCUT2D eigenvalue weighted by atomic mass is 9.91. The molecule has 1 aliphatic carbocycles. The Kier molecular flexibility index (Phi) is 3.69. The van der Waals surface area contributed by atoms with Crippen LogP contribution in [0.4, 0.5) is 13.2 Å². The summed E-state index contributed by atoms with van der Waals surface area (Å²) in [7, 11) is 0. The van der Waals surface area contributed by atoms with Gasteiger partial charge in [0.2, 0.25) is 0 Å². The molecule has 0 aromatic rings. The van der Waals surface area contributed by atoms with Gasteiger partial charge in [0, 0.05) is 24.7 Å². The highest BCUT2D eigenvalue weighted by Crippen LogP contribution is 2.34. The smallest absolute Gasteiger partial charge is 0.308 e. The van der Waals surface area contributed by atoms with Crippen molar-refractivity contribution in [2.24, 2.45) is 0 Å². The summed E-state index contributed by atoms with van der Waals surface area (Å²) in [5, 5.41) is 3.50. The van der Waals surface area contributed by atoms with Crippen molar-refractivity contribution in [1.82, 2.24) is 10.2 Å². The standard InChI is InChI=1S/C12H21F3N2/c1-2-10-7-16-11(5-3-4-6-11)8-17(10)9-12(13,14)15/h10,16H,2-9H2,1H3. The van der Waals surface area contributed by atoms with Crippen LogP contribution in [0.2, 0.25) is 0 Å². The second-order valence-electron chi connectivity index (χ2n) is 5.45. The van der Waals surface area contributed by atoms with Crippen LogP contribution in [0.25, 0.3) is 0 Å². The second-order valence-corrected chi connectivity index (χ2v) is 5.45. The maximum Gasteiger partial charge on any atom is 0.401 e. The van der Waals surface area contributed by atoms with E-state index in [1.807, 2.05) is 6.92 Å². The molecule has 5 heteroatoms. The zero-order chi connectivity index (χ0) is 12.5. The molecule has 1 N–H and O–H groups in total. The Balaban J connectivity index is 2.03. The van der Waals surface area contributed by atoms with Gasteiger partial charge in [0.05, 0.1) is 6.54 Å². The summed E-state index contributed by atoms with van der Waals surface area (Å²) >= 11 is 0. The number of halogens is 3. The number of hydrogen-bond acceptors (Lipinski definition) is 2. The number of alkyl halides is 3. The third kappa shape index (κ3) is 3.13. The molecular formula is C12H21F3N2. The predicted octanol–water partition coefficient (Wildman–Crippen LogP) is 2.55. The van der Waals surface area contributed by atoms with Crippen LogP contribution < -0.4 is 5.32 Å². The van der Waals surface area contributed by atoms with Gasteiger partial charge in [0.1, 0.15) is 0 Å². The van der Waals surface area contributed by atoms with Crippen molar-refractivity contribution in [3.63, 3.8) is 0 Å². The third-order valence-corrected chi connectivity index (χ3v) is 4.15. The zero-order valence-electron chi connectivity index (χ0n) is 10.3. The maximum atomic E-state index is 12.6. The molecule has 1 spiro atoms. The van der Waals surface area contributed by atoms with Gasteiger partial charge in [-0.1, -0.05) is 19.8 Å². The first kappa shape index (κ1) is 13.1. The molecule has 1 heterocycles. The molecular weight excluding hydrogens is 229 g/mol. The summed E-state index contributed by atoms with van der Waals surface area (Å²) in [6.45, 7) is 2.47. The Morgan fingerprint density at radius 2 is 1.94 bits per heavy atom. The van der Waals surface area contributed by atoms with Gasteiger partial charge >= 0.3 is 6.18 Å². The molecule has 0 aromatic carbocycles. The Morgan fingerprint density at radius 1 is 1.29 bits per heavy atom. The first-order valence-corrected chi connectivity index (χ1v) is 6.50. The summed E-state index contributed by atoms with van der Waals surface area (Å²) in [4.78, 5) is 1.64. The molecule has 0 radical (unpaired) electrons. The van der Waals surface area contributed by atoms with Crippen molar-refractivity contribution in [3.8, 4) is 0 Å². The molecule has 1 saturated heterocycles. The maximum absolute atomic E-state index is 12.6. The minimum absolute atomic E-state index is 0.0304. The van der Waals surface area contributed by atoms with E-state index in [4.69, 9.17) is 0 Å². The van der Waals surface area contributed by atoms with Crippen LogP contribution in [-0.4, -0.2) is 42.3 Å². The highest BCUT2D eigenvalue weighted by atomic mass is 19.4. The highest BCUT2D eigenvalue weighted by Gasteiger charge is 2.43. The minimum atomic E-state index is -4.08. The summed E-state index contributed by atoms with van der Waals surface area (Å²) < 4.78 is 37.7. The van der Waals surface area contributed by atoms with Crippen molar-refractivity contribution in [2.75, 3.05) is 19.6 Å². The SMILES string of the molecule is CCC1CNC2(CCCC2)CN1CC(F)(F)F. The Morgan fingerprint density at radius 3 is 2.47 bits per heavy atom. The summed E-state index contributed by atoms with van der Waals surface area (Å²) in [6, 6.07) is 0.0304. The van der Waals surface area contributed by atoms with Crippen LogP contribution in [0.15, 0.2) is 0 Å². The molecule has 0 bridgehead atoms. The van der Waals surface area contributed by atoms with Crippen LogP contribution >= 0.6 is 0 Å². The van der Waals surface area contributed by atoms with Crippen LogP contribution in [0, 0.1) is 0 Å². The molecule has 2 aliphatic rings. The van der Waals surface area contributed by atoms with Crippen molar-refractivity contribution in [2.45, 2.75) is 56.8 Å². The molecule has 17 heavy (non-hydrogen) atoms. The predicted molar refractivity (Wildman–Crippen MR) is 60.9 cm³/mol. The van der Waals surface area contributed by atoms with E-state index in [9.17, 15) is 13.2 Å². The Bertz CT molecular complexity index is 259. The van der Waals surface area contributed by atoms with Gasteiger partial charge in [-0.05, 0) is 19.3 Å². The van der Waals surface area contributed by atoms with Gasteiger partial charge in [-0.25, -0.2) is 0 Å². The second kappa shape index (κ2) is 4.76. The van der Waals surface area contributed by atoms with Gasteiger partial charge in [0.25, 0.3) is 0 Å². The van der Waals surface area contributed by atoms with E-state index in [0.29, 0.717) is 13.1 Å². The molecule has 1 unspecified atom stereocenters. The topological polar surface area (TPSA) is 15.3 Å². The van der Waals surface area contributed by atoms with E-state index in [1.165, 1.54) is 0 Å². The normalized spacial score (nSPS) is 30.0. The largest absolute Gasteiger partial charge is 0.401 e.